The monoisotopic (exact) mass is 398 g/mol. The average Bonchev–Trinajstić information content (AvgIpc) is 3.11. The lowest BCUT2D eigenvalue weighted by Crippen LogP contribution is -2.03. The van der Waals surface area contributed by atoms with Gasteiger partial charge in [0.2, 0.25) is 0 Å². The number of nitriles is 1. The van der Waals surface area contributed by atoms with E-state index in [-0.39, 0.29) is 4.90 Å². The van der Waals surface area contributed by atoms with Crippen molar-refractivity contribution in [2.45, 2.75) is 31.6 Å². The first-order chi connectivity index (χ1) is 12.9. The molecule has 0 bridgehead atoms. The topological polar surface area (TPSA) is 79.5 Å². The molecular formula is C20H18N2O3S2. The number of benzene rings is 1. The van der Waals surface area contributed by atoms with Crippen LogP contribution in [0, 0.1) is 18.3 Å². The zero-order chi connectivity index (χ0) is 19.4. The first-order valence-electron chi connectivity index (χ1n) is 8.32. The van der Waals surface area contributed by atoms with Crippen LogP contribution in [0.5, 0.6) is 0 Å². The number of nitrogens with zero attached hydrogens (tertiary/aromatic N) is 2. The Hall–Kier alpha value is -2.56. The maximum atomic E-state index is 12.2. The fourth-order valence-electron chi connectivity index (χ4n) is 2.73. The lowest BCUT2D eigenvalue weighted by Gasteiger charge is -2.16. The van der Waals surface area contributed by atoms with Gasteiger partial charge in [0.15, 0.2) is 0 Å². The third kappa shape index (κ3) is 4.41. The quantitative estimate of drug-likeness (QED) is 0.683. The van der Waals surface area contributed by atoms with Gasteiger partial charge in [0.1, 0.15) is 9.94 Å². The highest BCUT2D eigenvalue weighted by Gasteiger charge is 2.20. The highest BCUT2D eigenvalue weighted by Crippen LogP contribution is 2.37. The van der Waals surface area contributed by atoms with Gasteiger partial charge < -0.3 is 0 Å². The molecule has 0 saturated heterocycles. The summed E-state index contributed by atoms with van der Waals surface area (Å²) in [5.41, 5.74) is 4.17. The minimum Gasteiger partial charge on any atom is -0.264 e. The number of rotatable bonds is 4. The van der Waals surface area contributed by atoms with Crippen molar-refractivity contribution in [1.29, 1.82) is 5.26 Å². The fourth-order valence-corrected chi connectivity index (χ4v) is 4.44. The molecule has 0 aromatic heterocycles. The largest absolute Gasteiger partial charge is 0.358 e. The molecule has 138 valence electrons. The molecule has 0 radical (unpaired) electrons. The molecule has 1 aromatic carbocycles. The van der Waals surface area contributed by atoms with Crippen LogP contribution in [0.4, 0.5) is 0 Å². The van der Waals surface area contributed by atoms with E-state index in [1.807, 2.05) is 32.1 Å². The maximum absolute atomic E-state index is 12.2. The number of hydrogen-bond donors (Lipinski definition) is 0. The summed E-state index contributed by atoms with van der Waals surface area (Å²) in [6.07, 6.45) is 8.78. The summed E-state index contributed by atoms with van der Waals surface area (Å²) in [5, 5.41) is 13.2. The van der Waals surface area contributed by atoms with Crippen molar-refractivity contribution in [3.05, 3.63) is 75.8 Å². The highest BCUT2D eigenvalue weighted by atomic mass is 32.2. The Morgan fingerprint density at radius 2 is 1.93 bits per heavy atom. The second kappa shape index (κ2) is 7.99. The summed E-state index contributed by atoms with van der Waals surface area (Å²) in [6, 6.07) is 8.59. The van der Waals surface area contributed by atoms with Crippen molar-refractivity contribution in [2.75, 3.05) is 0 Å². The maximum Gasteiger partial charge on any atom is 0.358 e. The van der Waals surface area contributed by atoms with Crippen LogP contribution in [0.3, 0.4) is 0 Å². The van der Waals surface area contributed by atoms with Crippen LogP contribution in [0.2, 0.25) is 0 Å². The number of hydrogen-bond acceptors (Lipinski definition) is 6. The molecule has 3 rings (SSSR count). The van der Waals surface area contributed by atoms with Crippen LogP contribution in [-0.2, 0) is 14.4 Å². The Morgan fingerprint density at radius 3 is 2.63 bits per heavy atom. The Morgan fingerprint density at radius 1 is 1.19 bits per heavy atom. The standard InChI is InChI=1S/C20H18N2O3S2/c1-14-6-8-17(9-7-14)27(23,24)25-22-20-11-10-19(26-20)18-5-3-4-16(12-13-21)15(18)2/h3-4,6-11H,5,12H2,1-2H3. The minimum atomic E-state index is -3.94. The molecular weight excluding hydrogens is 380 g/mol. The van der Waals surface area contributed by atoms with Gasteiger partial charge in [0, 0.05) is 4.91 Å². The van der Waals surface area contributed by atoms with Gasteiger partial charge in [-0.2, -0.15) is 13.7 Å². The summed E-state index contributed by atoms with van der Waals surface area (Å²) in [4.78, 5) is 1.06. The summed E-state index contributed by atoms with van der Waals surface area (Å²) >= 11 is 1.36. The molecule has 7 heteroatoms. The van der Waals surface area contributed by atoms with Crippen molar-refractivity contribution < 1.29 is 12.7 Å². The zero-order valence-electron chi connectivity index (χ0n) is 15.0. The van der Waals surface area contributed by atoms with E-state index in [2.05, 4.69) is 11.2 Å². The van der Waals surface area contributed by atoms with E-state index in [1.54, 1.807) is 18.2 Å². The van der Waals surface area contributed by atoms with Crippen LogP contribution in [0.15, 0.2) is 80.2 Å². The molecule has 1 aliphatic carbocycles. The van der Waals surface area contributed by atoms with E-state index in [0.29, 0.717) is 11.5 Å². The number of oxime groups is 1. The molecule has 5 nitrogen and oxygen atoms in total. The third-order valence-corrected chi connectivity index (χ3v) is 6.41. The summed E-state index contributed by atoms with van der Waals surface area (Å²) in [7, 11) is -3.94. The lowest BCUT2D eigenvalue weighted by atomic mass is 9.92. The second-order valence-corrected chi connectivity index (χ2v) is 8.73. The van der Waals surface area contributed by atoms with Gasteiger partial charge in [0.05, 0.1) is 12.5 Å². The van der Waals surface area contributed by atoms with E-state index >= 15 is 0 Å². The summed E-state index contributed by atoms with van der Waals surface area (Å²) in [5.74, 6) is 0. The molecule has 27 heavy (non-hydrogen) atoms. The predicted octanol–water partition coefficient (Wildman–Crippen LogP) is 4.76. The Labute approximate surface area is 163 Å². The van der Waals surface area contributed by atoms with Gasteiger partial charge in [-0.25, -0.2) is 0 Å². The molecule has 0 spiro atoms. The van der Waals surface area contributed by atoms with Crippen LogP contribution < -0.4 is 0 Å². The van der Waals surface area contributed by atoms with E-state index in [9.17, 15) is 8.42 Å². The third-order valence-electron chi connectivity index (χ3n) is 4.27. The smallest absolute Gasteiger partial charge is 0.264 e. The van der Waals surface area contributed by atoms with Crippen molar-refractivity contribution in [2.24, 2.45) is 5.16 Å². The van der Waals surface area contributed by atoms with Gasteiger partial charge >= 0.3 is 10.1 Å². The second-order valence-electron chi connectivity index (χ2n) is 6.14. The first-order valence-corrected chi connectivity index (χ1v) is 10.5. The molecule has 2 aliphatic rings. The van der Waals surface area contributed by atoms with Crippen LogP contribution >= 0.6 is 11.8 Å². The molecule has 0 saturated carbocycles. The fraction of sp³-hybridized carbons (Fsp3) is 0.200. The average molecular weight is 399 g/mol. The van der Waals surface area contributed by atoms with Crippen molar-refractivity contribution in [1.82, 2.24) is 0 Å². The molecule has 0 fully saturated rings. The van der Waals surface area contributed by atoms with Gasteiger partial charge in [-0.1, -0.05) is 46.8 Å². The Balaban J connectivity index is 1.77. The lowest BCUT2D eigenvalue weighted by molar-refractivity contribution is 0.340. The van der Waals surface area contributed by atoms with Crippen LogP contribution in [0.25, 0.3) is 0 Å². The van der Waals surface area contributed by atoms with Gasteiger partial charge in [-0.3, -0.25) is 4.28 Å². The molecule has 0 amide bonds. The van der Waals surface area contributed by atoms with Crippen molar-refractivity contribution in [3.8, 4) is 6.07 Å². The number of aryl methyl sites for hydroxylation is 1. The number of allylic oxidation sites excluding steroid dienone is 6. The Kier molecular flexibility index (Phi) is 5.68. The van der Waals surface area contributed by atoms with Crippen LogP contribution in [-0.4, -0.2) is 13.5 Å². The summed E-state index contributed by atoms with van der Waals surface area (Å²) in [6.45, 7) is 3.88. The van der Waals surface area contributed by atoms with E-state index in [4.69, 9.17) is 9.55 Å². The first kappa shape index (κ1) is 19.2. The van der Waals surface area contributed by atoms with E-state index < -0.39 is 10.1 Å². The highest BCUT2D eigenvalue weighted by molar-refractivity contribution is 8.18. The van der Waals surface area contributed by atoms with E-state index in [1.165, 1.54) is 23.9 Å². The van der Waals surface area contributed by atoms with Gasteiger partial charge in [-0.15, -0.1) is 0 Å². The predicted molar refractivity (Wildman–Crippen MR) is 107 cm³/mol. The Bertz CT molecular complexity index is 1050. The number of thioether (sulfide) groups is 1. The van der Waals surface area contributed by atoms with Crippen molar-refractivity contribution >= 4 is 26.9 Å². The molecule has 0 unspecified atom stereocenters. The zero-order valence-corrected chi connectivity index (χ0v) is 16.6. The minimum absolute atomic E-state index is 0.0698. The molecule has 1 aromatic rings. The molecule has 0 atom stereocenters. The van der Waals surface area contributed by atoms with Crippen LogP contribution in [0.1, 0.15) is 25.3 Å². The molecule has 0 N–H and O–H groups in total. The van der Waals surface area contributed by atoms with E-state index in [0.717, 1.165) is 33.6 Å². The van der Waals surface area contributed by atoms with Crippen molar-refractivity contribution in [3.63, 3.8) is 0 Å². The molecule has 1 aliphatic heterocycles. The summed E-state index contributed by atoms with van der Waals surface area (Å²) < 4.78 is 29.3. The van der Waals surface area contributed by atoms with Gasteiger partial charge in [-0.05, 0) is 61.3 Å². The normalized spacial score (nSPS) is 21.0. The van der Waals surface area contributed by atoms with Gasteiger partial charge in [0.25, 0.3) is 0 Å². The SMILES string of the molecule is CC1=C(CC#N)C=CCC1=C1C=CC(=NOS(=O)(=O)c2ccc(C)cc2)S1. The molecule has 1 heterocycles.